The number of hydrogen-bond donors (Lipinski definition) is 3. The number of ether oxygens (including phenoxy) is 1. The van der Waals surface area contributed by atoms with Gasteiger partial charge in [0, 0.05) is 55.5 Å². The van der Waals surface area contributed by atoms with E-state index in [-0.39, 0.29) is 23.6 Å². The molecule has 0 spiro atoms. The van der Waals surface area contributed by atoms with E-state index in [0.29, 0.717) is 38.2 Å². The molecule has 2 atom stereocenters. The van der Waals surface area contributed by atoms with Crippen molar-refractivity contribution in [3.8, 4) is 5.75 Å². The van der Waals surface area contributed by atoms with Crippen LogP contribution in [-0.2, 0) is 11.3 Å². The maximum Gasteiger partial charge on any atom is 0.318 e. The van der Waals surface area contributed by atoms with Gasteiger partial charge in [-0.3, -0.25) is 4.79 Å². The van der Waals surface area contributed by atoms with Gasteiger partial charge in [0.2, 0.25) is 5.91 Å². The van der Waals surface area contributed by atoms with Crippen molar-refractivity contribution in [2.45, 2.75) is 44.4 Å². The van der Waals surface area contributed by atoms with Crippen molar-refractivity contribution in [1.29, 1.82) is 0 Å². The molecule has 3 N–H and O–H groups in total. The Labute approximate surface area is 250 Å². The summed E-state index contributed by atoms with van der Waals surface area (Å²) in [5.41, 5.74) is 2.69. The lowest BCUT2D eigenvalue weighted by Gasteiger charge is -2.34. The van der Waals surface area contributed by atoms with E-state index < -0.39 is 23.7 Å². The molecule has 1 aliphatic rings. The molecule has 0 bridgehead atoms. The molecule has 1 aliphatic heterocycles. The maximum absolute atomic E-state index is 14.8. The number of hydrogen-bond acceptors (Lipinski definition) is 4. The van der Waals surface area contributed by atoms with E-state index in [1.54, 1.807) is 29.2 Å². The number of anilines is 1. The third-order valence-corrected chi connectivity index (χ3v) is 7.81. The summed E-state index contributed by atoms with van der Waals surface area (Å²) in [4.78, 5) is 34.2. The molecular formula is C33H37F2N5O3. The molecule has 3 aromatic carbocycles. The summed E-state index contributed by atoms with van der Waals surface area (Å²) in [6.45, 7) is 3.31. The molecule has 10 heteroatoms. The number of carbonyl (C=O) groups is 2. The number of piperidine rings is 1. The highest BCUT2D eigenvalue weighted by molar-refractivity contribution is 5.98. The number of aromatic nitrogens is 1. The first-order valence-electron chi connectivity index (χ1n) is 14.5. The van der Waals surface area contributed by atoms with Crippen molar-refractivity contribution in [1.82, 2.24) is 20.1 Å². The van der Waals surface area contributed by atoms with E-state index in [9.17, 15) is 18.4 Å². The number of likely N-dealkylation sites (tertiary alicyclic amines) is 1. The molecular weight excluding hydrogens is 552 g/mol. The largest absolute Gasteiger partial charge is 0.490 e. The van der Waals surface area contributed by atoms with Crippen LogP contribution < -0.4 is 15.4 Å². The van der Waals surface area contributed by atoms with Gasteiger partial charge in [-0.05, 0) is 67.7 Å². The first kappa shape index (κ1) is 30.0. The Hall–Kier alpha value is -4.44. The van der Waals surface area contributed by atoms with Crippen molar-refractivity contribution in [2.75, 3.05) is 32.5 Å². The molecule has 1 saturated heterocycles. The van der Waals surface area contributed by atoms with E-state index in [4.69, 9.17) is 4.74 Å². The molecule has 0 radical (unpaired) electrons. The first-order valence-corrected chi connectivity index (χ1v) is 14.5. The Balaban J connectivity index is 1.32. The Morgan fingerprint density at radius 2 is 1.77 bits per heavy atom. The van der Waals surface area contributed by atoms with Crippen LogP contribution in [0.25, 0.3) is 10.9 Å². The number of amides is 3. The minimum Gasteiger partial charge on any atom is -0.490 e. The lowest BCUT2D eigenvalue weighted by Crippen LogP contribution is -2.53. The zero-order valence-electron chi connectivity index (χ0n) is 24.6. The van der Waals surface area contributed by atoms with E-state index in [1.165, 1.54) is 18.2 Å². The average molecular weight is 590 g/mol. The lowest BCUT2D eigenvalue weighted by molar-refractivity contribution is -0.118. The van der Waals surface area contributed by atoms with Crippen molar-refractivity contribution in [2.24, 2.45) is 0 Å². The number of urea groups is 1. The fourth-order valence-corrected chi connectivity index (χ4v) is 5.52. The number of fused-ring (bicyclic) bond motifs is 1. The van der Waals surface area contributed by atoms with Gasteiger partial charge in [0.1, 0.15) is 29.5 Å². The fourth-order valence-electron chi connectivity index (χ4n) is 5.52. The SMILES string of the molecule is CC(c1c[nH]c2ccccc12)C(NC(=O)N1CCC(Oc2ccc(F)cc2)CC1)C(=O)Nc1cc(CN(C)C)ccc1F. The van der Waals surface area contributed by atoms with Gasteiger partial charge in [0.25, 0.3) is 0 Å². The molecule has 2 unspecified atom stereocenters. The Morgan fingerprint density at radius 1 is 1.05 bits per heavy atom. The summed E-state index contributed by atoms with van der Waals surface area (Å²) in [6, 6.07) is 16.9. The number of H-pyrrole nitrogens is 1. The van der Waals surface area contributed by atoms with Gasteiger partial charge in [-0.25, -0.2) is 13.6 Å². The standard InChI is InChI=1S/C33H37F2N5O3/c1-21(27-19-36-29-7-5-4-6-26(27)29)31(32(41)37-30-18-22(20-39(2)3)8-13-28(30)35)38-33(42)40-16-14-25(15-17-40)43-24-11-9-23(34)10-12-24/h4-13,18-19,21,25,31,36H,14-17,20H2,1-3H3,(H,37,41)(H,38,42). The average Bonchev–Trinajstić information content (AvgIpc) is 3.43. The summed E-state index contributed by atoms with van der Waals surface area (Å²) >= 11 is 0. The number of nitrogens with zero attached hydrogens (tertiary/aromatic N) is 2. The Morgan fingerprint density at radius 3 is 2.49 bits per heavy atom. The Kier molecular flexibility index (Phi) is 9.25. The van der Waals surface area contributed by atoms with E-state index in [1.807, 2.05) is 56.4 Å². The number of benzene rings is 3. The topological polar surface area (TPSA) is 89.7 Å². The highest BCUT2D eigenvalue weighted by Crippen LogP contribution is 2.29. The zero-order chi connectivity index (χ0) is 30.5. The number of halogens is 2. The smallest absolute Gasteiger partial charge is 0.318 e. The first-order chi connectivity index (χ1) is 20.7. The van der Waals surface area contributed by atoms with Crippen LogP contribution in [-0.4, -0.2) is 66.1 Å². The van der Waals surface area contributed by atoms with E-state index in [2.05, 4.69) is 15.6 Å². The quantitative estimate of drug-likeness (QED) is 0.228. The van der Waals surface area contributed by atoms with Gasteiger partial charge < -0.3 is 30.2 Å². The summed E-state index contributed by atoms with van der Waals surface area (Å²) in [5.74, 6) is -1.25. The second-order valence-electron chi connectivity index (χ2n) is 11.3. The Bertz CT molecular complexity index is 1560. The second-order valence-corrected chi connectivity index (χ2v) is 11.3. The van der Waals surface area contributed by atoms with Crippen LogP contribution in [0.5, 0.6) is 5.75 Å². The van der Waals surface area contributed by atoms with Crippen LogP contribution in [0.15, 0.2) is 72.9 Å². The molecule has 3 amide bonds. The van der Waals surface area contributed by atoms with Crippen LogP contribution in [0.2, 0.25) is 0 Å². The van der Waals surface area contributed by atoms with Crippen LogP contribution in [0.3, 0.4) is 0 Å². The minimum absolute atomic E-state index is 0.0634. The summed E-state index contributed by atoms with van der Waals surface area (Å²) in [5, 5.41) is 6.63. The maximum atomic E-state index is 14.8. The normalized spacial score (nSPS) is 15.3. The third kappa shape index (κ3) is 7.32. The van der Waals surface area contributed by atoms with Gasteiger partial charge in [0.15, 0.2) is 0 Å². The molecule has 0 saturated carbocycles. The van der Waals surface area contributed by atoms with E-state index >= 15 is 0 Å². The number of carbonyl (C=O) groups excluding carboxylic acids is 2. The molecule has 8 nitrogen and oxygen atoms in total. The van der Waals surface area contributed by atoms with Gasteiger partial charge in [-0.1, -0.05) is 31.2 Å². The number of nitrogens with one attached hydrogen (secondary N) is 3. The van der Waals surface area contributed by atoms with E-state index in [0.717, 1.165) is 22.0 Å². The van der Waals surface area contributed by atoms with Crippen LogP contribution in [0.1, 0.15) is 36.8 Å². The third-order valence-electron chi connectivity index (χ3n) is 7.81. The van der Waals surface area contributed by atoms with Crippen molar-refractivity contribution in [3.05, 3.63) is 95.7 Å². The molecule has 0 aliphatic carbocycles. The van der Waals surface area contributed by atoms with Crippen molar-refractivity contribution < 1.29 is 23.1 Å². The molecule has 1 fully saturated rings. The highest BCUT2D eigenvalue weighted by atomic mass is 19.1. The lowest BCUT2D eigenvalue weighted by atomic mass is 9.92. The molecule has 226 valence electrons. The molecule has 5 rings (SSSR count). The van der Waals surface area contributed by atoms with Gasteiger partial charge in [0.05, 0.1) is 5.69 Å². The molecule has 43 heavy (non-hydrogen) atoms. The van der Waals surface area contributed by atoms with Gasteiger partial charge >= 0.3 is 6.03 Å². The predicted molar refractivity (Wildman–Crippen MR) is 163 cm³/mol. The number of aromatic amines is 1. The minimum atomic E-state index is -0.989. The molecule has 1 aromatic heterocycles. The highest BCUT2D eigenvalue weighted by Gasteiger charge is 2.33. The van der Waals surface area contributed by atoms with Crippen LogP contribution in [0.4, 0.5) is 19.3 Å². The van der Waals surface area contributed by atoms with Crippen LogP contribution in [0, 0.1) is 11.6 Å². The van der Waals surface area contributed by atoms with Gasteiger partial charge in [-0.2, -0.15) is 0 Å². The summed E-state index contributed by atoms with van der Waals surface area (Å²) < 4.78 is 34.0. The zero-order valence-corrected chi connectivity index (χ0v) is 24.6. The second kappa shape index (κ2) is 13.2. The molecule has 4 aromatic rings. The van der Waals surface area contributed by atoms with Crippen molar-refractivity contribution >= 4 is 28.5 Å². The summed E-state index contributed by atoms with van der Waals surface area (Å²) in [7, 11) is 3.82. The summed E-state index contributed by atoms with van der Waals surface area (Å²) in [6.07, 6.45) is 2.90. The number of rotatable bonds is 9. The fraction of sp³-hybridized carbons (Fsp3) is 0.333. The number of para-hydroxylation sites is 1. The van der Waals surface area contributed by atoms with Crippen molar-refractivity contribution in [3.63, 3.8) is 0 Å². The predicted octanol–water partition coefficient (Wildman–Crippen LogP) is 5.87. The van der Waals surface area contributed by atoms with Crippen LogP contribution >= 0.6 is 0 Å². The molecule has 2 heterocycles. The van der Waals surface area contributed by atoms with Gasteiger partial charge in [-0.15, -0.1) is 0 Å². The monoisotopic (exact) mass is 589 g/mol.